The van der Waals surface area contributed by atoms with Gasteiger partial charge in [0, 0.05) is 25.7 Å². The second-order valence-corrected chi connectivity index (χ2v) is 7.66. The lowest BCUT2D eigenvalue weighted by molar-refractivity contribution is 0.340. The second-order valence-electron chi connectivity index (χ2n) is 6.51. The van der Waals surface area contributed by atoms with E-state index in [2.05, 4.69) is 39.2 Å². The minimum absolute atomic E-state index is 0.545. The molecule has 2 aliphatic heterocycles. The van der Waals surface area contributed by atoms with Gasteiger partial charge in [0.15, 0.2) is 5.65 Å². The van der Waals surface area contributed by atoms with Gasteiger partial charge in [-0.15, -0.1) is 0 Å². The zero-order chi connectivity index (χ0) is 14.9. The molecule has 2 aliphatic rings. The number of hydrogen-bond donors (Lipinski definition) is 0. The molecule has 0 radical (unpaired) electrons. The lowest BCUT2D eigenvalue weighted by atomic mass is 10.0. The summed E-state index contributed by atoms with van der Waals surface area (Å²) in [6.45, 7) is 5.74. The van der Waals surface area contributed by atoms with Crippen LogP contribution in [0.1, 0.15) is 31.6 Å². The fourth-order valence-corrected chi connectivity index (χ4v) is 5.10. The molecule has 22 heavy (non-hydrogen) atoms. The van der Waals surface area contributed by atoms with Crippen LogP contribution < -0.4 is 0 Å². The van der Waals surface area contributed by atoms with Crippen molar-refractivity contribution >= 4 is 22.9 Å². The van der Waals surface area contributed by atoms with Crippen LogP contribution in [0.4, 0.5) is 0 Å². The van der Waals surface area contributed by atoms with E-state index in [-0.39, 0.29) is 0 Å². The largest absolute Gasteiger partial charge is 0.308 e. The number of likely N-dealkylation sites (tertiary alicyclic amines) is 1. The maximum absolute atomic E-state index is 4.94. The molecule has 2 aromatic heterocycles. The van der Waals surface area contributed by atoms with E-state index < -0.39 is 0 Å². The standard InChI is InChI=1S/C17H24N4S/c1-2-20-8-5-14(11-20)21-16(10-13-6-9-22-12-13)19-15-4-3-7-18-17(15)21/h3-4,7,13-14H,2,5-6,8-12H2,1H3. The smallest absolute Gasteiger partial charge is 0.160 e. The Kier molecular flexibility index (Phi) is 4.09. The van der Waals surface area contributed by atoms with E-state index >= 15 is 0 Å². The van der Waals surface area contributed by atoms with Crippen LogP contribution in [0.25, 0.3) is 11.2 Å². The van der Waals surface area contributed by atoms with Gasteiger partial charge in [-0.25, -0.2) is 9.97 Å². The summed E-state index contributed by atoms with van der Waals surface area (Å²) in [5.74, 6) is 4.67. The van der Waals surface area contributed by atoms with Gasteiger partial charge >= 0.3 is 0 Å². The third-order valence-corrected chi connectivity index (χ3v) is 6.31. The van der Waals surface area contributed by atoms with Gasteiger partial charge in [0.1, 0.15) is 11.3 Å². The van der Waals surface area contributed by atoms with Crippen molar-refractivity contribution in [2.45, 2.75) is 32.2 Å². The fourth-order valence-electron chi connectivity index (χ4n) is 3.82. The molecule has 2 unspecified atom stereocenters. The molecule has 118 valence electrons. The lowest BCUT2D eigenvalue weighted by Crippen LogP contribution is -2.22. The van der Waals surface area contributed by atoms with Gasteiger partial charge in [0.2, 0.25) is 0 Å². The van der Waals surface area contributed by atoms with Gasteiger partial charge in [-0.1, -0.05) is 6.92 Å². The Labute approximate surface area is 136 Å². The summed E-state index contributed by atoms with van der Waals surface area (Å²) in [6, 6.07) is 4.66. The van der Waals surface area contributed by atoms with Crippen LogP contribution in [0, 0.1) is 5.92 Å². The number of aromatic nitrogens is 3. The molecule has 0 amide bonds. The molecule has 2 atom stereocenters. The van der Waals surface area contributed by atoms with E-state index in [0.717, 1.165) is 36.6 Å². The summed E-state index contributed by atoms with van der Waals surface area (Å²) >= 11 is 2.09. The first-order chi connectivity index (χ1) is 10.8. The highest BCUT2D eigenvalue weighted by molar-refractivity contribution is 7.99. The molecule has 0 saturated carbocycles. The van der Waals surface area contributed by atoms with Crippen LogP contribution >= 0.6 is 11.8 Å². The normalized spacial score (nSPS) is 26.2. The Balaban J connectivity index is 1.70. The Bertz CT molecular complexity index is 647. The Morgan fingerprint density at radius 3 is 3.09 bits per heavy atom. The van der Waals surface area contributed by atoms with Crippen molar-refractivity contribution < 1.29 is 0 Å². The summed E-state index contributed by atoms with van der Waals surface area (Å²) in [5, 5.41) is 0. The monoisotopic (exact) mass is 316 g/mol. The zero-order valence-corrected chi connectivity index (χ0v) is 14.1. The van der Waals surface area contributed by atoms with Crippen LogP contribution in [-0.2, 0) is 6.42 Å². The van der Waals surface area contributed by atoms with Gasteiger partial charge in [0.05, 0.1) is 6.04 Å². The fraction of sp³-hybridized carbons (Fsp3) is 0.647. The highest BCUT2D eigenvalue weighted by Gasteiger charge is 2.28. The van der Waals surface area contributed by atoms with Crippen molar-refractivity contribution in [2.75, 3.05) is 31.1 Å². The highest BCUT2D eigenvalue weighted by atomic mass is 32.2. The molecule has 4 heterocycles. The Hall–Kier alpha value is -1.07. The number of imidazole rings is 1. The molecule has 0 aromatic carbocycles. The van der Waals surface area contributed by atoms with Crippen molar-refractivity contribution in [3.8, 4) is 0 Å². The van der Waals surface area contributed by atoms with Crippen molar-refractivity contribution in [3.63, 3.8) is 0 Å². The number of fused-ring (bicyclic) bond motifs is 1. The molecule has 0 spiro atoms. The summed E-state index contributed by atoms with van der Waals surface area (Å²) in [5.41, 5.74) is 2.16. The second kappa shape index (κ2) is 6.20. The molecule has 0 bridgehead atoms. The van der Waals surface area contributed by atoms with E-state index in [0.29, 0.717) is 6.04 Å². The minimum Gasteiger partial charge on any atom is -0.308 e. The third-order valence-electron chi connectivity index (χ3n) is 5.08. The molecular weight excluding hydrogens is 292 g/mol. The summed E-state index contributed by atoms with van der Waals surface area (Å²) in [7, 11) is 0. The maximum Gasteiger partial charge on any atom is 0.160 e. The van der Waals surface area contributed by atoms with E-state index in [1.54, 1.807) is 0 Å². The molecular formula is C17H24N4S. The number of thioether (sulfide) groups is 1. The molecule has 2 saturated heterocycles. The average molecular weight is 316 g/mol. The number of likely N-dealkylation sites (N-methyl/N-ethyl adjacent to an activating group) is 1. The van der Waals surface area contributed by atoms with Crippen molar-refractivity contribution in [1.29, 1.82) is 0 Å². The van der Waals surface area contributed by atoms with E-state index in [4.69, 9.17) is 4.98 Å². The predicted molar refractivity (Wildman–Crippen MR) is 92.4 cm³/mol. The highest BCUT2D eigenvalue weighted by Crippen LogP contribution is 2.31. The molecule has 0 N–H and O–H groups in total. The van der Waals surface area contributed by atoms with Crippen LogP contribution in [0.5, 0.6) is 0 Å². The van der Waals surface area contributed by atoms with Gasteiger partial charge < -0.3 is 9.47 Å². The van der Waals surface area contributed by atoms with Crippen molar-refractivity contribution in [2.24, 2.45) is 5.92 Å². The molecule has 4 rings (SSSR count). The Morgan fingerprint density at radius 2 is 2.32 bits per heavy atom. The summed E-state index contributed by atoms with van der Waals surface area (Å²) in [4.78, 5) is 12.1. The van der Waals surface area contributed by atoms with Crippen LogP contribution in [0.15, 0.2) is 18.3 Å². The number of nitrogens with zero attached hydrogens (tertiary/aromatic N) is 4. The van der Waals surface area contributed by atoms with Crippen molar-refractivity contribution in [3.05, 3.63) is 24.2 Å². The molecule has 2 aromatic rings. The van der Waals surface area contributed by atoms with Crippen LogP contribution in [0.2, 0.25) is 0 Å². The molecule has 5 heteroatoms. The zero-order valence-electron chi connectivity index (χ0n) is 13.2. The average Bonchev–Trinajstić information content (AvgIpc) is 3.25. The van der Waals surface area contributed by atoms with Crippen LogP contribution in [0.3, 0.4) is 0 Å². The van der Waals surface area contributed by atoms with Gasteiger partial charge in [0.25, 0.3) is 0 Å². The quantitative estimate of drug-likeness (QED) is 0.868. The molecule has 4 nitrogen and oxygen atoms in total. The van der Waals surface area contributed by atoms with E-state index in [1.807, 2.05) is 12.3 Å². The van der Waals surface area contributed by atoms with E-state index in [1.165, 1.54) is 36.7 Å². The first-order valence-electron chi connectivity index (χ1n) is 8.47. The third kappa shape index (κ3) is 2.65. The summed E-state index contributed by atoms with van der Waals surface area (Å²) < 4.78 is 2.47. The number of hydrogen-bond acceptors (Lipinski definition) is 4. The molecule has 2 fully saturated rings. The molecule has 0 aliphatic carbocycles. The Morgan fingerprint density at radius 1 is 1.36 bits per heavy atom. The van der Waals surface area contributed by atoms with Gasteiger partial charge in [-0.2, -0.15) is 11.8 Å². The maximum atomic E-state index is 4.94. The lowest BCUT2D eigenvalue weighted by Gasteiger charge is -2.18. The first-order valence-corrected chi connectivity index (χ1v) is 9.62. The topological polar surface area (TPSA) is 34.0 Å². The minimum atomic E-state index is 0.545. The van der Waals surface area contributed by atoms with E-state index in [9.17, 15) is 0 Å². The van der Waals surface area contributed by atoms with Gasteiger partial charge in [-0.3, -0.25) is 0 Å². The number of pyridine rings is 1. The van der Waals surface area contributed by atoms with Gasteiger partial charge in [-0.05, 0) is 48.9 Å². The summed E-state index contributed by atoms with van der Waals surface area (Å²) in [6.07, 6.45) is 5.59. The first kappa shape index (κ1) is 14.5. The van der Waals surface area contributed by atoms with Crippen molar-refractivity contribution in [1.82, 2.24) is 19.4 Å². The predicted octanol–water partition coefficient (Wildman–Crippen LogP) is 2.99. The van der Waals surface area contributed by atoms with Crippen LogP contribution in [-0.4, -0.2) is 50.6 Å². The number of rotatable bonds is 4. The SMILES string of the molecule is CCN1CCC(n2c(CC3CCSC3)nc3cccnc32)C1.